The van der Waals surface area contributed by atoms with Crippen LogP contribution in [0.3, 0.4) is 0 Å². The van der Waals surface area contributed by atoms with Crippen LogP contribution in [0.4, 0.5) is 0 Å². The van der Waals surface area contributed by atoms with Crippen molar-refractivity contribution in [3.8, 4) is 28.3 Å². The van der Waals surface area contributed by atoms with Gasteiger partial charge in [0.2, 0.25) is 5.95 Å². The Balaban J connectivity index is 1.18. The molecule has 0 N–H and O–H groups in total. The Bertz CT molecular complexity index is 3820. The highest BCUT2D eigenvalue weighted by molar-refractivity contribution is 7.26. The van der Waals surface area contributed by atoms with Crippen molar-refractivity contribution in [3.05, 3.63) is 176 Å². The Morgan fingerprint density at radius 3 is 2.05 bits per heavy atom. The highest BCUT2D eigenvalue weighted by atomic mass is 32.1. The molecule has 0 bridgehead atoms. The zero-order valence-corrected chi connectivity index (χ0v) is 31.2. The van der Waals surface area contributed by atoms with Gasteiger partial charge in [0.1, 0.15) is 16.0 Å². The van der Waals surface area contributed by atoms with Crippen molar-refractivity contribution in [2.24, 2.45) is 0 Å². The number of furan rings is 1. The van der Waals surface area contributed by atoms with E-state index in [1.54, 1.807) is 11.3 Å². The van der Waals surface area contributed by atoms with Crippen molar-refractivity contribution >= 4 is 108 Å². The first-order valence-electron chi connectivity index (χ1n) is 19.2. The Hall–Kier alpha value is -7.34. The molecule has 264 valence electrons. The first-order valence-corrected chi connectivity index (χ1v) is 20.0. The van der Waals surface area contributed by atoms with Crippen LogP contribution in [0.2, 0.25) is 0 Å². The predicted molar refractivity (Wildman–Crippen MR) is 240 cm³/mol. The largest absolute Gasteiger partial charge is 0.456 e. The zero-order chi connectivity index (χ0) is 37.2. The number of hydrogen-bond donors (Lipinski definition) is 0. The molecule has 0 unspecified atom stereocenters. The van der Waals surface area contributed by atoms with Crippen LogP contribution in [0.5, 0.6) is 0 Å². The van der Waals surface area contributed by atoms with Crippen LogP contribution >= 0.6 is 11.3 Å². The molecule has 0 spiro atoms. The van der Waals surface area contributed by atoms with Crippen LogP contribution < -0.4 is 0 Å². The molecule has 0 aliphatic rings. The summed E-state index contributed by atoms with van der Waals surface area (Å²) in [6, 6.07) is 63.1. The van der Waals surface area contributed by atoms with Crippen LogP contribution in [0, 0.1) is 0 Å². The average molecular weight is 744 g/mol. The molecular weight excluding hydrogens is 715 g/mol. The standard InChI is InChI=1S/C52H29N3OS/c1-2-10-30(11-3-1)34-21-24-43-41(27-34)42-28-35-22-25-46-47(38-16-8-9-17-45(38)56-46)40(35)29-44(42)55(43)52-53-49(36-19-18-31-12-4-5-14-33(31)26-36)48-39-23-20-32-13-6-7-15-37(32)50(39)57-51(48)54-52/h1-29H. The molecule has 0 radical (unpaired) electrons. The van der Waals surface area contributed by atoms with E-state index in [9.17, 15) is 0 Å². The van der Waals surface area contributed by atoms with Gasteiger partial charge < -0.3 is 4.42 Å². The summed E-state index contributed by atoms with van der Waals surface area (Å²) in [6.07, 6.45) is 0. The fourth-order valence-electron chi connectivity index (χ4n) is 9.12. The van der Waals surface area contributed by atoms with E-state index in [4.69, 9.17) is 14.4 Å². The number of rotatable bonds is 3. The second kappa shape index (κ2) is 11.6. The molecule has 0 aliphatic heterocycles. The summed E-state index contributed by atoms with van der Waals surface area (Å²) < 4.78 is 9.90. The Morgan fingerprint density at radius 2 is 1.14 bits per heavy atom. The van der Waals surface area contributed by atoms with Crippen LogP contribution in [0.1, 0.15) is 0 Å². The molecule has 0 saturated carbocycles. The lowest BCUT2D eigenvalue weighted by Crippen LogP contribution is -2.02. The number of fused-ring (bicyclic) bond motifs is 14. The Morgan fingerprint density at radius 1 is 0.404 bits per heavy atom. The SMILES string of the molecule is c1ccc(-c2ccc3c(c2)c2cc4ccc5oc6ccccc6c5c4cc2n3-c2nc(-c3ccc4ccccc4c3)c3c(n2)sc2c4ccccc4ccc23)cc1. The van der Waals surface area contributed by atoms with Crippen molar-refractivity contribution in [2.45, 2.75) is 0 Å². The van der Waals surface area contributed by atoms with Gasteiger partial charge in [-0.25, -0.2) is 9.97 Å². The molecule has 4 heterocycles. The average Bonchev–Trinajstić information content (AvgIpc) is 3.95. The van der Waals surface area contributed by atoms with E-state index < -0.39 is 0 Å². The molecule has 9 aromatic carbocycles. The van der Waals surface area contributed by atoms with Crippen LogP contribution in [-0.4, -0.2) is 14.5 Å². The van der Waals surface area contributed by atoms with Crippen molar-refractivity contribution in [1.29, 1.82) is 0 Å². The van der Waals surface area contributed by atoms with Gasteiger partial charge in [-0.3, -0.25) is 4.57 Å². The normalized spacial score (nSPS) is 12.2. The lowest BCUT2D eigenvalue weighted by Gasteiger charge is -2.11. The lowest BCUT2D eigenvalue weighted by molar-refractivity contribution is 0.669. The van der Waals surface area contributed by atoms with Crippen molar-refractivity contribution in [3.63, 3.8) is 0 Å². The fraction of sp³-hybridized carbons (Fsp3) is 0. The molecule has 4 aromatic heterocycles. The van der Waals surface area contributed by atoms with Gasteiger partial charge in [0.25, 0.3) is 0 Å². The number of hydrogen-bond acceptors (Lipinski definition) is 4. The van der Waals surface area contributed by atoms with Crippen LogP contribution in [-0.2, 0) is 0 Å². The third-order valence-electron chi connectivity index (χ3n) is 11.8. The third-order valence-corrected chi connectivity index (χ3v) is 12.9. The number of thiophene rings is 1. The molecule has 0 amide bonds. The lowest BCUT2D eigenvalue weighted by atomic mass is 9.99. The molecule has 0 saturated heterocycles. The molecule has 13 rings (SSSR count). The number of para-hydroxylation sites is 1. The smallest absolute Gasteiger partial charge is 0.236 e. The zero-order valence-electron chi connectivity index (χ0n) is 30.4. The molecule has 0 fully saturated rings. The summed E-state index contributed by atoms with van der Waals surface area (Å²) in [5.74, 6) is 0.651. The van der Waals surface area contributed by atoms with E-state index in [1.165, 1.54) is 42.8 Å². The summed E-state index contributed by atoms with van der Waals surface area (Å²) in [4.78, 5) is 12.1. The monoisotopic (exact) mass is 743 g/mol. The minimum Gasteiger partial charge on any atom is -0.456 e. The van der Waals surface area contributed by atoms with E-state index >= 15 is 0 Å². The van der Waals surface area contributed by atoms with Crippen molar-refractivity contribution in [1.82, 2.24) is 14.5 Å². The van der Waals surface area contributed by atoms with Crippen molar-refractivity contribution < 1.29 is 4.42 Å². The van der Waals surface area contributed by atoms with E-state index in [0.29, 0.717) is 5.95 Å². The number of benzene rings is 9. The van der Waals surface area contributed by atoms with Crippen molar-refractivity contribution in [2.75, 3.05) is 0 Å². The number of nitrogens with zero attached hydrogens (tertiary/aromatic N) is 3. The molecule has 57 heavy (non-hydrogen) atoms. The number of aromatic nitrogens is 3. The van der Waals surface area contributed by atoms with Gasteiger partial charge in [0.05, 0.1) is 16.7 Å². The van der Waals surface area contributed by atoms with Gasteiger partial charge >= 0.3 is 0 Å². The van der Waals surface area contributed by atoms with Gasteiger partial charge in [-0.05, 0) is 85.9 Å². The van der Waals surface area contributed by atoms with E-state index in [-0.39, 0.29) is 0 Å². The summed E-state index contributed by atoms with van der Waals surface area (Å²) in [5, 5.41) is 14.0. The van der Waals surface area contributed by atoms with Gasteiger partial charge in [0.15, 0.2) is 0 Å². The van der Waals surface area contributed by atoms with E-state index in [2.05, 4.69) is 168 Å². The van der Waals surface area contributed by atoms with E-state index in [0.717, 1.165) is 76.0 Å². The quantitative estimate of drug-likeness (QED) is 0.181. The maximum Gasteiger partial charge on any atom is 0.236 e. The maximum atomic E-state index is 6.38. The maximum absolute atomic E-state index is 6.38. The van der Waals surface area contributed by atoms with Gasteiger partial charge in [-0.1, -0.05) is 133 Å². The predicted octanol–water partition coefficient (Wildman–Crippen LogP) is 14.6. The molecule has 0 aliphatic carbocycles. The fourth-order valence-corrected chi connectivity index (χ4v) is 10.3. The Kier molecular flexibility index (Phi) is 6.29. The summed E-state index contributed by atoms with van der Waals surface area (Å²) in [5.41, 5.74) is 8.23. The molecule has 4 nitrogen and oxygen atoms in total. The summed E-state index contributed by atoms with van der Waals surface area (Å²) >= 11 is 1.76. The second-order valence-corrected chi connectivity index (χ2v) is 15.9. The van der Waals surface area contributed by atoms with Gasteiger partial charge in [0, 0.05) is 42.6 Å². The van der Waals surface area contributed by atoms with Gasteiger partial charge in [-0.15, -0.1) is 11.3 Å². The van der Waals surface area contributed by atoms with Crippen LogP contribution in [0.15, 0.2) is 180 Å². The highest BCUT2D eigenvalue weighted by Gasteiger charge is 2.23. The summed E-state index contributed by atoms with van der Waals surface area (Å²) in [7, 11) is 0. The second-order valence-electron chi connectivity index (χ2n) is 14.9. The molecular formula is C52H29N3OS. The molecule has 13 aromatic rings. The minimum absolute atomic E-state index is 0.651. The Labute approximate surface area is 329 Å². The topological polar surface area (TPSA) is 43.9 Å². The van der Waals surface area contributed by atoms with E-state index in [1.807, 2.05) is 12.1 Å². The van der Waals surface area contributed by atoms with Crippen LogP contribution in [0.25, 0.3) is 125 Å². The first kappa shape index (κ1) is 30.9. The van der Waals surface area contributed by atoms with Gasteiger partial charge in [-0.2, -0.15) is 0 Å². The molecule has 0 atom stereocenters. The molecule has 5 heteroatoms. The highest BCUT2D eigenvalue weighted by Crippen LogP contribution is 2.45. The minimum atomic E-state index is 0.651. The first-order chi connectivity index (χ1) is 28.2. The summed E-state index contributed by atoms with van der Waals surface area (Å²) in [6.45, 7) is 0. The third kappa shape index (κ3) is 4.49.